The Hall–Kier alpha value is -0.840. The fourth-order valence-corrected chi connectivity index (χ4v) is 2.71. The van der Waals surface area contributed by atoms with Crippen LogP contribution in [0.2, 0.25) is 5.02 Å². The average Bonchev–Trinajstić information content (AvgIpc) is 2.70. The molecule has 0 bridgehead atoms. The van der Waals surface area contributed by atoms with Crippen molar-refractivity contribution in [3.8, 4) is 0 Å². The number of aromatic nitrogens is 2. The Morgan fingerprint density at radius 3 is 2.94 bits per heavy atom. The first-order valence-corrected chi connectivity index (χ1v) is 6.92. The molecule has 1 heterocycles. The van der Waals surface area contributed by atoms with Crippen molar-refractivity contribution in [3.05, 3.63) is 51.2 Å². The number of hydrogen-bond acceptors (Lipinski definition) is 2. The molecule has 1 aromatic heterocycles. The summed E-state index contributed by atoms with van der Waals surface area (Å²) in [7, 11) is 0. The van der Waals surface area contributed by atoms with E-state index < -0.39 is 6.10 Å². The summed E-state index contributed by atoms with van der Waals surface area (Å²) in [6, 6.07) is 7.53. The molecule has 1 atom stereocenters. The van der Waals surface area contributed by atoms with Gasteiger partial charge in [0, 0.05) is 18.0 Å². The van der Waals surface area contributed by atoms with Crippen LogP contribution in [-0.4, -0.2) is 14.9 Å². The van der Waals surface area contributed by atoms with Gasteiger partial charge in [-0.05, 0) is 40.5 Å². The minimum absolute atomic E-state index is 0.519. The zero-order valence-corrected chi connectivity index (χ0v) is 12.3. The average molecular weight is 330 g/mol. The number of aliphatic hydroxyl groups excluding tert-OH is 1. The minimum atomic E-state index is -0.597. The third kappa shape index (κ3) is 2.94. The van der Waals surface area contributed by atoms with Gasteiger partial charge in [-0.15, -0.1) is 0 Å². The Morgan fingerprint density at radius 1 is 1.50 bits per heavy atom. The van der Waals surface area contributed by atoms with E-state index in [0.29, 0.717) is 11.4 Å². The van der Waals surface area contributed by atoms with Gasteiger partial charge in [-0.2, -0.15) is 5.10 Å². The van der Waals surface area contributed by atoms with Crippen LogP contribution >= 0.6 is 27.5 Å². The molecule has 0 amide bonds. The van der Waals surface area contributed by atoms with Crippen molar-refractivity contribution in [2.24, 2.45) is 0 Å². The number of halogens is 2. The van der Waals surface area contributed by atoms with Gasteiger partial charge in [0.05, 0.1) is 16.4 Å². The molecule has 0 fully saturated rings. The topological polar surface area (TPSA) is 38.0 Å². The summed E-state index contributed by atoms with van der Waals surface area (Å²) in [6.45, 7) is 2.72. The first-order chi connectivity index (χ1) is 8.61. The van der Waals surface area contributed by atoms with Crippen LogP contribution in [-0.2, 0) is 13.0 Å². The molecule has 0 aliphatic carbocycles. The molecular weight excluding hydrogens is 316 g/mol. The molecule has 5 heteroatoms. The van der Waals surface area contributed by atoms with Crippen molar-refractivity contribution in [2.75, 3.05) is 0 Å². The molecule has 18 heavy (non-hydrogen) atoms. The van der Waals surface area contributed by atoms with Crippen molar-refractivity contribution in [1.82, 2.24) is 9.78 Å². The summed E-state index contributed by atoms with van der Waals surface area (Å²) >= 11 is 9.35. The lowest BCUT2D eigenvalue weighted by atomic mass is 10.1. The lowest BCUT2D eigenvalue weighted by molar-refractivity contribution is 0.166. The molecular formula is C13H14BrClN2O. The standard InChI is InChI=1S/C13H14BrClN2O/c1-2-17-13(11(14)8-16-17)12(18)7-9-4-3-5-10(15)6-9/h3-6,8,12,18H,2,7H2,1H3. The quantitative estimate of drug-likeness (QED) is 0.931. The molecule has 3 nitrogen and oxygen atoms in total. The summed E-state index contributed by atoms with van der Waals surface area (Å²) in [6.07, 6.45) is 1.63. The maximum Gasteiger partial charge on any atom is 0.101 e. The molecule has 0 saturated heterocycles. The third-order valence-corrected chi connectivity index (χ3v) is 3.61. The van der Waals surface area contributed by atoms with Gasteiger partial charge < -0.3 is 5.11 Å². The van der Waals surface area contributed by atoms with Gasteiger partial charge in [-0.3, -0.25) is 4.68 Å². The Morgan fingerprint density at radius 2 is 2.28 bits per heavy atom. The first-order valence-electron chi connectivity index (χ1n) is 5.75. The molecule has 2 rings (SSSR count). The monoisotopic (exact) mass is 328 g/mol. The van der Waals surface area contributed by atoms with Crippen LogP contribution in [0.25, 0.3) is 0 Å². The van der Waals surface area contributed by atoms with Crippen LogP contribution in [0.1, 0.15) is 24.3 Å². The van der Waals surface area contributed by atoms with Crippen LogP contribution < -0.4 is 0 Å². The van der Waals surface area contributed by atoms with Gasteiger partial charge in [0.25, 0.3) is 0 Å². The predicted molar refractivity (Wildman–Crippen MR) is 75.7 cm³/mol. The number of aryl methyl sites for hydroxylation is 1. The Balaban J connectivity index is 2.21. The van der Waals surface area contributed by atoms with Crippen LogP contribution in [0.15, 0.2) is 34.9 Å². The van der Waals surface area contributed by atoms with Crippen LogP contribution in [0, 0.1) is 0 Å². The molecule has 1 unspecified atom stereocenters. The number of rotatable bonds is 4. The van der Waals surface area contributed by atoms with Crippen molar-refractivity contribution < 1.29 is 5.11 Å². The molecule has 0 radical (unpaired) electrons. The van der Waals surface area contributed by atoms with Crippen molar-refractivity contribution in [1.29, 1.82) is 0 Å². The summed E-state index contributed by atoms with van der Waals surface area (Å²) in [5.74, 6) is 0. The Labute approximate surface area is 120 Å². The summed E-state index contributed by atoms with van der Waals surface area (Å²) in [4.78, 5) is 0. The largest absolute Gasteiger partial charge is 0.386 e. The second-order valence-electron chi connectivity index (χ2n) is 4.04. The normalized spacial score (nSPS) is 12.7. The fraction of sp³-hybridized carbons (Fsp3) is 0.308. The molecule has 0 aliphatic rings. The molecule has 1 N–H and O–H groups in total. The first kappa shape index (κ1) is 13.6. The Kier molecular flexibility index (Phi) is 4.43. The summed E-state index contributed by atoms with van der Waals surface area (Å²) in [5, 5.41) is 15.2. The summed E-state index contributed by atoms with van der Waals surface area (Å²) < 4.78 is 2.62. The van der Waals surface area contributed by atoms with Crippen molar-refractivity contribution >= 4 is 27.5 Å². The summed E-state index contributed by atoms with van der Waals surface area (Å²) in [5.41, 5.74) is 1.81. The van der Waals surface area contributed by atoms with Gasteiger partial charge in [-0.1, -0.05) is 23.7 Å². The zero-order valence-electron chi connectivity index (χ0n) is 9.98. The molecule has 1 aromatic carbocycles. The molecule has 96 valence electrons. The van der Waals surface area contributed by atoms with E-state index in [2.05, 4.69) is 21.0 Å². The van der Waals surface area contributed by atoms with Gasteiger partial charge >= 0.3 is 0 Å². The molecule has 0 saturated carbocycles. The van der Waals surface area contributed by atoms with E-state index in [1.807, 2.05) is 31.2 Å². The van der Waals surface area contributed by atoms with E-state index in [1.54, 1.807) is 10.9 Å². The predicted octanol–water partition coefficient (Wildman–Crippen LogP) is 3.60. The molecule has 2 aromatic rings. The van der Waals surface area contributed by atoms with Crippen LogP contribution in [0.5, 0.6) is 0 Å². The third-order valence-electron chi connectivity index (χ3n) is 2.77. The number of nitrogens with zero attached hydrogens (tertiary/aromatic N) is 2. The maximum absolute atomic E-state index is 10.3. The highest BCUT2D eigenvalue weighted by Gasteiger charge is 2.17. The highest BCUT2D eigenvalue weighted by molar-refractivity contribution is 9.10. The van der Waals surface area contributed by atoms with Crippen molar-refractivity contribution in [3.63, 3.8) is 0 Å². The highest BCUT2D eigenvalue weighted by atomic mass is 79.9. The highest BCUT2D eigenvalue weighted by Crippen LogP contribution is 2.26. The second-order valence-corrected chi connectivity index (χ2v) is 5.33. The van der Waals surface area contributed by atoms with E-state index in [4.69, 9.17) is 11.6 Å². The molecule has 0 aliphatic heterocycles. The van der Waals surface area contributed by atoms with Gasteiger partial charge in [0.1, 0.15) is 6.10 Å². The van der Waals surface area contributed by atoms with E-state index in [9.17, 15) is 5.11 Å². The van der Waals surface area contributed by atoms with Gasteiger partial charge in [0.2, 0.25) is 0 Å². The fourth-order valence-electron chi connectivity index (χ4n) is 1.94. The van der Waals surface area contributed by atoms with E-state index in [0.717, 1.165) is 22.3 Å². The van der Waals surface area contributed by atoms with Crippen molar-refractivity contribution in [2.45, 2.75) is 26.0 Å². The number of aliphatic hydroxyl groups is 1. The van der Waals surface area contributed by atoms with Crippen LogP contribution in [0.3, 0.4) is 0 Å². The number of benzene rings is 1. The SMILES string of the molecule is CCn1ncc(Br)c1C(O)Cc1cccc(Cl)c1. The lowest BCUT2D eigenvalue weighted by Gasteiger charge is -2.13. The van der Waals surface area contributed by atoms with Gasteiger partial charge in [0.15, 0.2) is 0 Å². The van der Waals surface area contributed by atoms with Crippen LogP contribution in [0.4, 0.5) is 0 Å². The zero-order chi connectivity index (χ0) is 13.1. The minimum Gasteiger partial charge on any atom is -0.386 e. The Bertz CT molecular complexity index is 542. The lowest BCUT2D eigenvalue weighted by Crippen LogP contribution is -2.10. The van der Waals surface area contributed by atoms with Gasteiger partial charge in [-0.25, -0.2) is 0 Å². The smallest absolute Gasteiger partial charge is 0.101 e. The number of hydrogen-bond donors (Lipinski definition) is 1. The maximum atomic E-state index is 10.3. The molecule has 0 spiro atoms. The van der Waals surface area contributed by atoms with E-state index in [-0.39, 0.29) is 0 Å². The second kappa shape index (κ2) is 5.87. The van der Waals surface area contributed by atoms with E-state index in [1.165, 1.54) is 0 Å². The van der Waals surface area contributed by atoms with E-state index >= 15 is 0 Å².